The fourth-order valence-corrected chi connectivity index (χ4v) is 3.43. The fourth-order valence-electron chi connectivity index (χ4n) is 2.67. The highest BCUT2D eigenvalue weighted by Gasteiger charge is 2.14. The molecule has 0 bridgehead atoms. The van der Waals surface area contributed by atoms with E-state index >= 15 is 0 Å². The lowest BCUT2D eigenvalue weighted by atomic mass is 10.2. The van der Waals surface area contributed by atoms with Gasteiger partial charge < -0.3 is 24.6 Å². The highest BCUT2D eigenvalue weighted by molar-refractivity contribution is 14.0. The minimum Gasteiger partial charge on any atom is -0.486 e. The quantitative estimate of drug-likeness (QED) is 0.385. The number of benzene rings is 1. The Morgan fingerprint density at radius 1 is 1.22 bits per heavy atom. The van der Waals surface area contributed by atoms with Crippen LogP contribution in [0.3, 0.4) is 0 Å². The second-order valence-corrected chi connectivity index (χ2v) is 7.09. The molecule has 1 aliphatic rings. The van der Waals surface area contributed by atoms with Crippen LogP contribution in [0.15, 0.2) is 28.6 Å². The molecular formula is C18H26IN5O2S. The van der Waals surface area contributed by atoms with E-state index in [1.54, 1.807) is 18.4 Å². The Labute approximate surface area is 181 Å². The summed E-state index contributed by atoms with van der Waals surface area (Å²) in [5.41, 5.74) is 2.15. The van der Waals surface area contributed by atoms with Gasteiger partial charge in [0.25, 0.3) is 0 Å². The molecule has 0 amide bonds. The maximum absolute atomic E-state index is 5.66. The Kier molecular flexibility index (Phi) is 7.96. The first-order valence-corrected chi connectivity index (χ1v) is 9.37. The summed E-state index contributed by atoms with van der Waals surface area (Å²) in [4.78, 5) is 13.0. The van der Waals surface area contributed by atoms with Crippen molar-refractivity contribution in [3.05, 3.63) is 34.8 Å². The Bertz CT molecular complexity index is 781. The molecule has 2 aromatic rings. The van der Waals surface area contributed by atoms with E-state index in [2.05, 4.69) is 31.6 Å². The van der Waals surface area contributed by atoms with Gasteiger partial charge in [0, 0.05) is 40.1 Å². The zero-order valence-corrected chi connectivity index (χ0v) is 19.2. The predicted molar refractivity (Wildman–Crippen MR) is 121 cm³/mol. The highest BCUT2D eigenvalue weighted by atomic mass is 127. The lowest BCUT2D eigenvalue weighted by Gasteiger charge is -2.23. The zero-order valence-electron chi connectivity index (χ0n) is 16.1. The van der Waals surface area contributed by atoms with Crippen LogP contribution in [0.4, 0.5) is 5.13 Å². The lowest BCUT2D eigenvalue weighted by Crippen LogP contribution is -2.38. The average molecular weight is 503 g/mol. The molecule has 0 unspecified atom stereocenters. The number of halogens is 1. The van der Waals surface area contributed by atoms with Crippen LogP contribution in [0.1, 0.15) is 11.3 Å². The van der Waals surface area contributed by atoms with E-state index in [-0.39, 0.29) is 24.0 Å². The van der Waals surface area contributed by atoms with Crippen LogP contribution in [-0.4, -0.2) is 57.2 Å². The van der Waals surface area contributed by atoms with E-state index in [0.717, 1.165) is 40.4 Å². The van der Waals surface area contributed by atoms with Crippen LogP contribution in [0.2, 0.25) is 0 Å². The van der Waals surface area contributed by atoms with E-state index in [9.17, 15) is 0 Å². The lowest BCUT2D eigenvalue weighted by molar-refractivity contribution is 0.171. The molecule has 1 N–H and O–H groups in total. The summed E-state index contributed by atoms with van der Waals surface area (Å²) in [7, 11) is 7.79. The SMILES string of the molecule is CN=C(NCc1csc(N(C)C)n1)N(C)Cc1ccc2c(c1)OCCO2.I. The van der Waals surface area contributed by atoms with Crippen molar-refractivity contribution in [2.75, 3.05) is 46.3 Å². The van der Waals surface area contributed by atoms with E-state index in [1.165, 1.54) is 0 Å². The van der Waals surface area contributed by atoms with Gasteiger partial charge >= 0.3 is 0 Å². The van der Waals surface area contributed by atoms with Gasteiger partial charge in [0.2, 0.25) is 0 Å². The Morgan fingerprint density at radius 2 is 1.96 bits per heavy atom. The second-order valence-electron chi connectivity index (χ2n) is 6.25. The molecule has 0 aliphatic carbocycles. The summed E-state index contributed by atoms with van der Waals surface area (Å²) in [5.74, 6) is 2.44. The Hall–Kier alpha value is -1.75. The molecular weight excluding hydrogens is 477 g/mol. The summed E-state index contributed by atoms with van der Waals surface area (Å²) >= 11 is 1.64. The number of fused-ring (bicyclic) bond motifs is 1. The number of ether oxygens (including phenoxy) is 2. The van der Waals surface area contributed by atoms with Crippen LogP contribution in [0, 0.1) is 0 Å². The summed E-state index contributed by atoms with van der Waals surface area (Å²) in [6.45, 7) is 2.56. The number of aliphatic imine (C=N–C) groups is 1. The number of hydrogen-bond acceptors (Lipinski definition) is 6. The first-order chi connectivity index (χ1) is 12.6. The van der Waals surface area contributed by atoms with Crippen LogP contribution < -0.4 is 19.7 Å². The van der Waals surface area contributed by atoms with Crippen molar-refractivity contribution in [2.24, 2.45) is 4.99 Å². The first-order valence-electron chi connectivity index (χ1n) is 8.49. The fraction of sp³-hybridized carbons (Fsp3) is 0.444. The van der Waals surface area contributed by atoms with Crippen LogP contribution in [-0.2, 0) is 13.1 Å². The number of thiazole rings is 1. The topological polar surface area (TPSA) is 62.2 Å². The molecule has 0 spiro atoms. The Morgan fingerprint density at radius 3 is 2.63 bits per heavy atom. The van der Waals surface area contributed by atoms with Crippen molar-refractivity contribution in [3.63, 3.8) is 0 Å². The predicted octanol–water partition coefficient (Wildman–Crippen LogP) is 2.81. The number of guanidine groups is 1. The van der Waals surface area contributed by atoms with Crippen molar-refractivity contribution >= 4 is 46.4 Å². The third kappa shape index (κ3) is 5.61. The number of anilines is 1. The van der Waals surface area contributed by atoms with Gasteiger partial charge in [-0.2, -0.15) is 0 Å². The highest BCUT2D eigenvalue weighted by Crippen LogP contribution is 2.31. The number of rotatable bonds is 5. The van der Waals surface area contributed by atoms with Gasteiger partial charge in [0.15, 0.2) is 22.6 Å². The van der Waals surface area contributed by atoms with Gasteiger partial charge in [0.1, 0.15) is 13.2 Å². The van der Waals surface area contributed by atoms with Crippen molar-refractivity contribution < 1.29 is 9.47 Å². The molecule has 0 saturated carbocycles. The molecule has 3 rings (SSSR count). The summed E-state index contributed by atoms with van der Waals surface area (Å²) in [5, 5.41) is 6.43. The Balaban J connectivity index is 0.00000261. The van der Waals surface area contributed by atoms with Crippen molar-refractivity contribution in [2.45, 2.75) is 13.1 Å². The number of aromatic nitrogens is 1. The van der Waals surface area contributed by atoms with Crippen molar-refractivity contribution in [3.8, 4) is 11.5 Å². The minimum absolute atomic E-state index is 0. The van der Waals surface area contributed by atoms with E-state index in [4.69, 9.17) is 9.47 Å². The molecule has 148 valence electrons. The molecule has 9 heteroatoms. The van der Waals surface area contributed by atoms with Crippen molar-refractivity contribution in [1.82, 2.24) is 15.2 Å². The molecule has 0 atom stereocenters. The second kappa shape index (κ2) is 9.98. The van der Waals surface area contributed by atoms with Gasteiger partial charge in [-0.05, 0) is 17.7 Å². The first kappa shape index (κ1) is 21.5. The maximum atomic E-state index is 5.66. The number of hydrogen-bond donors (Lipinski definition) is 1. The monoisotopic (exact) mass is 503 g/mol. The van der Waals surface area contributed by atoms with E-state index in [0.29, 0.717) is 19.8 Å². The molecule has 1 aromatic carbocycles. The van der Waals surface area contributed by atoms with Gasteiger partial charge in [-0.1, -0.05) is 6.07 Å². The molecule has 0 radical (unpaired) electrons. The van der Waals surface area contributed by atoms with Gasteiger partial charge in [-0.3, -0.25) is 4.99 Å². The molecule has 7 nitrogen and oxygen atoms in total. The number of nitrogens with zero attached hydrogens (tertiary/aromatic N) is 4. The minimum atomic E-state index is 0. The van der Waals surface area contributed by atoms with Gasteiger partial charge in [0.05, 0.1) is 12.2 Å². The summed E-state index contributed by atoms with van der Waals surface area (Å²) in [6.07, 6.45) is 0. The molecule has 1 aliphatic heterocycles. The molecule has 2 heterocycles. The molecule has 0 fully saturated rings. The van der Waals surface area contributed by atoms with Crippen LogP contribution >= 0.6 is 35.3 Å². The molecule has 1 aromatic heterocycles. The number of nitrogens with one attached hydrogen (secondary N) is 1. The maximum Gasteiger partial charge on any atom is 0.194 e. The summed E-state index contributed by atoms with van der Waals surface area (Å²) < 4.78 is 11.2. The third-order valence-corrected chi connectivity index (χ3v) is 5.01. The standard InChI is InChI=1S/C18H25N5O2S.HI/c1-19-17(20-10-14-12-26-18(21-14)22(2)3)23(4)11-13-5-6-15-16(9-13)25-8-7-24-15;/h5-6,9,12H,7-8,10-11H2,1-4H3,(H,19,20);1H. The zero-order chi connectivity index (χ0) is 18.5. The molecule has 27 heavy (non-hydrogen) atoms. The smallest absolute Gasteiger partial charge is 0.194 e. The third-order valence-electron chi connectivity index (χ3n) is 3.95. The van der Waals surface area contributed by atoms with Gasteiger partial charge in [-0.15, -0.1) is 35.3 Å². The van der Waals surface area contributed by atoms with Crippen LogP contribution in [0.5, 0.6) is 11.5 Å². The van der Waals surface area contributed by atoms with Crippen molar-refractivity contribution in [1.29, 1.82) is 0 Å². The van der Waals surface area contributed by atoms with E-state index < -0.39 is 0 Å². The van der Waals surface area contributed by atoms with Crippen LogP contribution in [0.25, 0.3) is 0 Å². The summed E-state index contributed by atoms with van der Waals surface area (Å²) in [6, 6.07) is 6.05. The molecule has 0 saturated heterocycles. The van der Waals surface area contributed by atoms with E-state index in [1.807, 2.05) is 38.2 Å². The normalized spacial score (nSPS) is 13.0. The average Bonchev–Trinajstić information content (AvgIpc) is 3.11. The van der Waals surface area contributed by atoms with Gasteiger partial charge in [-0.25, -0.2) is 4.98 Å². The largest absolute Gasteiger partial charge is 0.486 e.